The Bertz CT molecular complexity index is 1500. The summed E-state index contributed by atoms with van der Waals surface area (Å²) in [6.07, 6.45) is 0. The van der Waals surface area contributed by atoms with Gasteiger partial charge < -0.3 is 0 Å². The van der Waals surface area contributed by atoms with Crippen molar-refractivity contribution < 1.29 is 0 Å². The Balaban J connectivity index is 0.000000152. The molecule has 0 saturated carbocycles. The van der Waals surface area contributed by atoms with Gasteiger partial charge in [0.2, 0.25) is 0 Å². The third kappa shape index (κ3) is 8.69. The van der Waals surface area contributed by atoms with Crippen LogP contribution in [0.25, 0.3) is 33.4 Å². The van der Waals surface area contributed by atoms with Crippen LogP contribution in [0.15, 0.2) is 164 Å². The Morgan fingerprint density at radius 2 is 0.410 bits per heavy atom. The lowest BCUT2D eigenvalue weighted by Crippen LogP contribution is -1.80. The smallest absolute Gasteiger partial charge is 0.0184 e. The van der Waals surface area contributed by atoms with Gasteiger partial charge in [0, 0.05) is 0 Å². The van der Waals surface area contributed by atoms with E-state index >= 15 is 0 Å². The molecule has 6 rings (SSSR count). The van der Waals surface area contributed by atoms with Crippen LogP contribution in [0.3, 0.4) is 0 Å². The zero-order valence-corrected chi connectivity index (χ0v) is 23.1. The number of hydrogen-bond acceptors (Lipinski definition) is 0. The molecule has 0 aromatic heterocycles. The van der Waals surface area contributed by atoms with Crippen LogP contribution in [0.4, 0.5) is 0 Å². The summed E-state index contributed by atoms with van der Waals surface area (Å²) < 4.78 is 0. The minimum atomic E-state index is 1.26. The van der Waals surface area contributed by atoms with Crippen molar-refractivity contribution >= 4 is 0 Å². The third-order valence-corrected chi connectivity index (χ3v) is 6.48. The van der Waals surface area contributed by atoms with Gasteiger partial charge in [0.05, 0.1) is 0 Å². The maximum Gasteiger partial charge on any atom is -0.0184 e. The van der Waals surface area contributed by atoms with Crippen LogP contribution in [0, 0.1) is 20.8 Å². The summed E-state index contributed by atoms with van der Waals surface area (Å²) in [5, 5.41) is 0. The molecule has 0 saturated heterocycles. The average Bonchev–Trinajstić information content (AvgIpc) is 3.00. The molecule has 192 valence electrons. The van der Waals surface area contributed by atoms with Crippen molar-refractivity contribution in [2.75, 3.05) is 0 Å². The van der Waals surface area contributed by atoms with Gasteiger partial charge in [0.25, 0.3) is 0 Å². The van der Waals surface area contributed by atoms with E-state index in [4.69, 9.17) is 0 Å². The maximum absolute atomic E-state index is 2.19. The molecule has 0 amide bonds. The van der Waals surface area contributed by atoms with Crippen molar-refractivity contribution in [1.29, 1.82) is 0 Å². The normalized spacial score (nSPS) is 9.92. The quantitative estimate of drug-likeness (QED) is 0.225. The van der Waals surface area contributed by atoms with Crippen LogP contribution in [-0.4, -0.2) is 0 Å². The first kappa shape index (κ1) is 27.4. The molecule has 0 aliphatic rings. The van der Waals surface area contributed by atoms with E-state index in [2.05, 4.69) is 154 Å². The van der Waals surface area contributed by atoms with Gasteiger partial charge in [-0.2, -0.15) is 0 Å². The van der Waals surface area contributed by atoms with E-state index < -0.39 is 0 Å². The summed E-state index contributed by atoms with van der Waals surface area (Å²) in [4.78, 5) is 0. The zero-order valence-electron chi connectivity index (χ0n) is 23.1. The molecule has 0 bridgehead atoms. The summed E-state index contributed by atoms with van der Waals surface area (Å²) in [6.45, 7) is 6.30. The second-order valence-electron chi connectivity index (χ2n) is 9.70. The van der Waals surface area contributed by atoms with E-state index in [1.54, 1.807) is 0 Å². The monoisotopic (exact) mass is 504 g/mol. The molecule has 0 aliphatic heterocycles. The van der Waals surface area contributed by atoms with Crippen molar-refractivity contribution in [2.45, 2.75) is 20.8 Å². The van der Waals surface area contributed by atoms with Crippen LogP contribution in [0.5, 0.6) is 0 Å². The molecule has 0 heterocycles. The first-order chi connectivity index (χ1) is 19.1. The predicted molar refractivity (Wildman–Crippen MR) is 170 cm³/mol. The molecule has 6 aromatic rings. The topological polar surface area (TPSA) is 0 Å². The highest BCUT2D eigenvalue weighted by Crippen LogP contribution is 2.25. The largest absolute Gasteiger partial charge is 0.0622 e. The minimum Gasteiger partial charge on any atom is -0.0622 e. The Morgan fingerprint density at radius 1 is 0.205 bits per heavy atom. The van der Waals surface area contributed by atoms with Gasteiger partial charge in [-0.25, -0.2) is 0 Å². The first-order valence-corrected chi connectivity index (χ1v) is 13.4. The van der Waals surface area contributed by atoms with E-state index in [1.165, 1.54) is 50.1 Å². The standard InChI is InChI=1S/C19H16.C13H12.C7H8/c1-15-7-9-17(10-8-15)19-13-11-18(12-14-19)16-5-3-2-4-6-16;1-11-7-9-13(10-8-11)12-5-3-2-4-6-12;1-7-5-3-2-4-6-7/h2-14H,1H3;2-10H,1H3;2-6H,1H3. The molecular formula is C39H36. The summed E-state index contributed by atoms with van der Waals surface area (Å²) in [5.74, 6) is 0. The van der Waals surface area contributed by atoms with Crippen LogP contribution >= 0.6 is 0 Å². The molecule has 0 radical (unpaired) electrons. The molecule has 0 nitrogen and oxygen atoms in total. The average molecular weight is 505 g/mol. The molecular weight excluding hydrogens is 468 g/mol. The summed E-state index contributed by atoms with van der Waals surface area (Å²) >= 11 is 0. The van der Waals surface area contributed by atoms with Crippen molar-refractivity contribution in [3.05, 3.63) is 180 Å². The highest BCUT2D eigenvalue weighted by atomic mass is 14.0. The second kappa shape index (κ2) is 14.3. The van der Waals surface area contributed by atoms with E-state index in [-0.39, 0.29) is 0 Å². The molecule has 0 unspecified atom stereocenters. The van der Waals surface area contributed by atoms with E-state index in [0.29, 0.717) is 0 Å². The fourth-order valence-corrected chi connectivity index (χ4v) is 4.14. The summed E-state index contributed by atoms with van der Waals surface area (Å²) in [6, 6.07) is 57.2. The highest BCUT2D eigenvalue weighted by molar-refractivity contribution is 5.70. The van der Waals surface area contributed by atoms with Crippen molar-refractivity contribution in [3.63, 3.8) is 0 Å². The third-order valence-electron chi connectivity index (χ3n) is 6.48. The van der Waals surface area contributed by atoms with Gasteiger partial charge in [0.15, 0.2) is 0 Å². The molecule has 0 spiro atoms. The fraction of sp³-hybridized carbons (Fsp3) is 0.0769. The molecule has 39 heavy (non-hydrogen) atoms. The SMILES string of the molecule is Cc1ccc(-c2ccc(-c3ccccc3)cc2)cc1.Cc1ccc(-c2ccccc2)cc1.Cc1ccccc1. The van der Waals surface area contributed by atoms with Crippen LogP contribution < -0.4 is 0 Å². The van der Waals surface area contributed by atoms with Gasteiger partial charge in [-0.15, -0.1) is 0 Å². The van der Waals surface area contributed by atoms with Crippen LogP contribution in [-0.2, 0) is 0 Å². The number of benzene rings is 6. The van der Waals surface area contributed by atoms with Gasteiger partial charge in [-0.05, 0) is 54.2 Å². The molecule has 0 atom stereocenters. The van der Waals surface area contributed by atoms with Crippen molar-refractivity contribution in [1.82, 2.24) is 0 Å². The van der Waals surface area contributed by atoms with Gasteiger partial charge in [0.1, 0.15) is 0 Å². The lowest BCUT2D eigenvalue weighted by Gasteiger charge is -2.05. The van der Waals surface area contributed by atoms with Gasteiger partial charge in [-0.1, -0.05) is 180 Å². The molecule has 0 aliphatic carbocycles. The molecule has 0 N–H and O–H groups in total. The highest BCUT2D eigenvalue weighted by Gasteiger charge is 1.99. The number of hydrogen-bond donors (Lipinski definition) is 0. The molecule has 6 aromatic carbocycles. The Hall–Kier alpha value is -4.68. The van der Waals surface area contributed by atoms with Gasteiger partial charge in [-0.3, -0.25) is 0 Å². The number of aryl methyl sites for hydroxylation is 3. The summed E-state index contributed by atoms with van der Waals surface area (Å²) in [7, 11) is 0. The lowest BCUT2D eigenvalue weighted by molar-refractivity contribution is 1.47. The summed E-state index contributed by atoms with van der Waals surface area (Å²) in [5.41, 5.74) is 11.5. The second-order valence-corrected chi connectivity index (χ2v) is 9.70. The Morgan fingerprint density at radius 3 is 0.667 bits per heavy atom. The van der Waals surface area contributed by atoms with Crippen LogP contribution in [0.1, 0.15) is 16.7 Å². The van der Waals surface area contributed by atoms with Gasteiger partial charge >= 0.3 is 0 Å². The molecule has 0 fully saturated rings. The zero-order chi connectivity index (χ0) is 27.3. The minimum absolute atomic E-state index is 1.26. The van der Waals surface area contributed by atoms with E-state index in [1.807, 2.05) is 30.3 Å². The number of rotatable bonds is 3. The van der Waals surface area contributed by atoms with Crippen LogP contribution in [0.2, 0.25) is 0 Å². The first-order valence-electron chi connectivity index (χ1n) is 13.4. The van der Waals surface area contributed by atoms with Crippen molar-refractivity contribution in [3.8, 4) is 33.4 Å². The van der Waals surface area contributed by atoms with Crippen molar-refractivity contribution in [2.24, 2.45) is 0 Å². The van der Waals surface area contributed by atoms with E-state index in [0.717, 1.165) is 0 Å². The Labute approximate surface area is 234 Å². The Kier molecular flexibility index (Phi) is 10.0. The lowest BCUT2D eigenvalue weighted by atomic mass is 10.00. The fourth-order valence-electron chi connectivity index (χ4n) is 4.14. The molecule has 0 heteroatoms. The predicted octanol–water partition coefficient (Wildman–Crippen LogP) is 11.0. The maximum atomic E-state index is 2.19. The van der Waals surface area contributed by atoms with E-state index in [9.17, 15) is 0 Å².